The lowest BCUT2D eigenvalue weighted by Crippen LogP contribution is -2.52. The highest BCUT2D eigenvalue weighted by molar-refractivity contribution is 7.09. The second-order valence-electron chi connectivity index (χ2n) is 5.50. The highest BCUT2D eigenvalue weighted by Gasteiger charge is 2.20. The first kappa shape index (κ1) is 16.6. The van der Waals surface area contributed by atoms with E-state index in [2.05, 4.69) is 37.2 Å². The fourth-order valence-corrected chi connectivity index (χ4v) is 3.37. The predicted molar refractivity (Wildman–Crippen MR) is 99.1 cm³/mol. The van der Waals surface area contributed by atoms with Crippen LogP contribution < -0.4 is 15.0 Å². The summed E-state index contributed by atoms with van der Waals surface area (Å²) >= 11 is 1.66. The highest BCUT2D eigenvalue weighted by atomic mass is 32.1. The molecule has 0 radical (unpaired) electrons. The molecule has 24 heavy (non-hydrogen) atoms. The van der Waals surface area contributed by atoms with Crippen LogP contribution in [0.1, 0.15) is 5.01 Å². The standard InChI is InChI=1S/C17H23N5OS/c1-18-17(20-13-16-19-6-11-24-16)22-9-7-21(8-10-22)14-4-3-5-15(12-14)23-2/h3-6,11-12H,7-10,13H2,1-2H3,(H,18,20). The van der Waals surface area contributed by atoms with Crippen LogP contribution in [0.2, 0.25) is 0 Å². The van der Waals surface area contributed by atoms with Crippen molar-refractivity contribution in [1.82, 2.24) is 15.2 Å². The number of hydrogen-bond acceptors (Lipinski definition) is 5. The molecule has 1 N–H and O–H groups in total. The molecule has 0 unspecified atom stereocenters. The molecule has 0 atom stereocenters. The zero-order valence-corrected chi connectivity index (χ0v) is 14.9. The topological polar surface area (TPSA) is 53.0 Å². The van der Waals surface area contributed by atoms with Crippen molar-refractivity contribution < 1.29 is 4.74 Å². The molecule has 0 bridgehead atoms. The Labute approximate surface area is 146 Å². The lowest BCUT2D eigenvalue weighted by Gasteiger charge is -2.37. The third kappa shape index (κ3) is 3.97. The van der Waals surface area contributed by atoms with Gasteiger partial charge in [-0.15, -0.1) is 11.3 Å². The van der Waals surface area contributed by atoms with Crippen LogP contribution in [0, 0.1) is 0 Å². The number of nitrogens with one attached hydrogen (secondary N) is 1. The number of anilines is 1. The summed E-state index contributed by atoms with van der Waals surface area (Å²) in [5, 5.41) is 6.47. The molecule has 128 valence electrons. The number of benzene rings is 1. The van der Waals surface area contributed by atoms with E-state index >= 15 is 0 Å². The van der Waals surface area contributed by atoms with Gasteiger partial charge in [-0.2, -0.15) is 0 Å². The summed E-state index contributed by atoms with van der Waals surface area (Å²) in [5.41, 5.74) is 1.21. The molecule has 0 spiro atoms. The van der Waals surface area contributed by atoms with Gasteiger partial charge in [0.2, 0.25) is 0 Å². The Morgan fingerprint density at radius 3 is 2.83 bits per heavy atom. The Balaban J connectivity index is 1.55. The first-order valence-electron chi connectivity index (χ1n) is 8.03. The summed E-state index contributed by atoms with van der Waals surface area (Å²) in [5.74, 6) is 1.84. The summed E-state index contributed by atoms with van der Waals surface area (Å²) in [7, 11) is 3.54. The Morgan fingerprint density at radius 1 is 1.33 bits per heavy atom. The summed E-state index contributed by atoms with van der Waals surface area (Å²) in [6.45, 7) is 4.53. The molecule has 0 aliphatic carbocycles. The van der Waals surface area contributed by atoms with E-state index < -0.39 is 0 Å². The van der Waals surface area contributed by atoms with Gasteiger partial charge in [0.25, 0.3) is 0 Å². The van der Waals surface area contributed by atoms with E-state index in [0.717, 1.165) is 49.4 Å². The fraction of sp³-hybridized carbons (Fsp3) is 0.412. The van der Waals surface area contributed by atoms with Crippen molar-refractivity contribution in [2.45, 2.75) is 6.54 Å². The van der Waals surface area contributed by atoms with Crippen LogP contribution in [-0.2, 0) is 6.54 Å². The van der Waals surface area contributed by atoms with Crippen LogP contribution >= 0.6 is 11.3 Å². The number of aromatic nitrogens is 1. The van der Waals surface area contributed by atoms with Crippen molar-refractivity contribution in [1.29, 1.82) is 0 Å². The number of hydrogen-bond donors (Lipinski definition) is 1. The van der Waals surface area contributed by atoms with Crippen LogP contribution in [0.15, 0.2) is 40.8 Å². The molecule has 1 aromatic carbocycles. The summed E-state index contributed by atoms with van der Waals surface area (Å²) in [4.78, 5) is 13.4. The molecule has 2 aromatic rings. The van der Waals surface area contributed by atoms with Gasteiger partial charge >= 0.3 is 0 Å². The minimum Gasteiger partial charge on any atom is -0.497 e. The van der Waals surface area contributed by atoms with Gasteiger partial charge in [-0.25, -0.2) is 4.98 Å². The Morgan fingerprint density at radius 2 is 2.17 bits per heavy atom. The highest BCUT2D eigenvalue weighted by Crippen LogP contribution is 2.22. The zero-order chi connectivity index (χ0) is 16.8. The van der Waals surface area contributed by atoms with Gasteiger partial charge in [-0.1, -0.05) is 6.07 Å². The molecule has 1 saturated heterocycles. The van der Waals surface area contributed by atoms with E-state index in [-0.39, 0.29) is 0 Å². The molecule has 2 heterocycles. The van der Waals surface area contributed by atoms with Crippen molar-refractivity contribution in [3.8, 4) is 5.75 Å². The van der Waals surface area contributed by atoms with Gasteiger partial charge in [-0.3, -0.25) is 4.99 Å². The van der Waals surface area contributed by atoms with E-state index in [1.165, 1.54) is 5.69 Å². The van der Waals surface area contributed by atoms with Crippen molar-refractivity contribution in [3.63, 3.8) is 0 Å². The number of nitrogens with zero attached hydrogens (tertiary/aromatic N) is 4. The minimum absolute atomic E-state index is 0.723. The monoisotopic (exact) mass is 345 g/mol. The van der Waals surface area contributed by atoms with Crippen molar-refractivity contribution in [2.24, 2.45) is 4.99 Å². The molecular formula is C17H23N5OS. The van der Waals surface area contributed by atoms with Crippen LogP contribution in [-0.4, -0.2) is 56.2 Å². The number of guanidine groups is 1. The second kappa shape index (κ2) is 8.01. The average molecular weight is 345 g/mol. The lowest BCUT2D eigenvalue weighted by molar-refractivity contribution is 0.372. The molecule has 6 nitrogen and oxygen atoms in total. The number of methoxy groups -OCH3 is 1. The molecule has 0 saturated carbocycles. The lowest BCUT2D eigenvalue weighted by atomic mass is 10.2. The van der Waals surface area contributed by atoms with E-state index in [0.29, 0.717) is 0 Å². The second-order valence-corrected chi connectivity index (χ2v) is 6.48. The van der Waals surface area contributed by atoms with Gasteiger partial charge in [0.05, 0.1) is 13.7 Å². The number of ether oxygens (including phenoxy) is 1. The third-order valence-electron chi connectivity index (χ3n) is 4.09. The maximum Gasteiger partial charge on any atom is 0.194 e. The van der Waals surface area contributed by atoms with Gasteiger partial charge in [0, 0.05) is 56.6 Å². The number of rotatable bonds is 4. The molecule has 3 rings (SSSR count). The Hall–Kier alpha value is -2.28. The van der Waals surface area contributed by atoms with Gasteiger partial charge in [0.15, 0.2) is 5.96 Å². The maximum absolute atomic E-state index is 5.32. The van der Waals surface area contributed by atoms with Crippen LogP contribution in [0.4, 0.5) is 5.69 Å². The molecular weight excluding hydrogens is 322 g/mol. The summed E-state index contributed by atoms with van der Waals surface area (Å²) in [6.07, 6.45) is 1.83. The molecule has 7 heteroatoms. The minimum atomic E-state index is 0.723. The van der Waals surface area contributed by atoms with Crippen LogP contribution in [0.5, 0.6) is 5.75 Å². The normalized spacial score (nSPS) is 15.5. The maximum atomic E-state index is 5.32. The number of thiazole rings is 1. The van der Waals surface area contributed by atoms with Crippen molar-refractivity contribution >= 4 is 23.0 Å². The molecule has 1 fully saturated rings. The van der Waals surface area contributed by atoms with E-state index in [4.69, 9.17) is 4.74 Å². The smallest absolute Gasteiger partial charge is 0.194 e. The largest absolute Gasteiger partial charge is 0.497 e. The number of aliphatic imine (C=N–C) groups is 1. The molecule has 1 aliphatic heterocycles. The van der Waals surface area contributed by atoms with E-state index in [9.17, 15) is 0 Å². The molecule has 1 aromatic heterocycles. The average Bonchev–Trinajstić information content (AvgIpc) is 3.16. The molecule has 1 aliphatic rings. The first-order valence-corrected chi connectivity index (χ1v) is 8.91. The van der Waals surface area contributed by atoms with Gasteiger partial charge < -0.3 is 19.9 Å². The van der Waals surface area contributed by atoms with Crippen molar-refractivity contribution in [3.05, 3.63) is 40.8 Å². The van der Waals surface area contributed by atoms with Gasteiger partial charge in [-0.05, 0) is 12.1 Å². The quantitative estimate of drug-likeness (QED) is 0.679. The third-order valence-corrected chi connectivity index (χ3v) is 4.87. The summed E-state index contributed by atoms with van der Waals surface area (Å²) in [6, 6.07) is 8.23. The Bertz CT molecular complexity index is 665. The van der Waals surface area contributed by atoms with Crippen molar-refractivity contribution in [2.75, 3.05) is 45.2 Å². The predicted octanol–water partition coefficient (Wildman–Crippen LogP) is 2.05. The fourth-order valence-electron chi connectivity index (χ4n) is 2.81. The van der Waals surface area contributed by atoms with E-state index in [1.54, 1.807) is 18.4 Å². The van der Waals surface area contributed by atoms with Gasteiger partial charge in [0.1, 0.15) is 10.8 Å². The summed E-state index contributed by atoms with van der Waals surface area (Å²) < 4.78 is 5.32. The first-order chi connectivity index (χ1) is 11.8. The number of piperazine rings is 1. The van der Waals surface area contributed by atoms with E-state index in [1.807, 2.05) is 30.8 Å². The van der Waals surface area contributed by atoms with Crippen LogP contribution in [0.25, 0.3) is 0 Å². The van der Waals surface area contributed by atoms with Crippen LogP contribution in [0.3, 0.4) is 0 Å². The molecule has 0 amide bonds. The Kier molecular flexibility index (Phi) is 5.53. The SMILES string of the molecule is CN=C(NCc1nccs1)N1CCN(c2cccc(OC)c2)CC1. The zero-order valence-electron chi connectivity index (χ0n) is 14.1.